The standard InChI is InChI=1S/C21H19BrN4O2S/c1-14(9-10-24-21(23)26-16-5-2-4-15(22)12-16)18-7-8-19(29-18)20(27)25-13-17-6-3-11-28-17/h2-12H,1,13H2,(H,25,27)(H3,23,24,26)/b10-9-. The van der Waals surface area contributed by atoms with Crippen LogP contribution in [-0.4, -0.2) is 11.9 Å². The van der Waals surface area contributed by atoms with Crippen molar-refractivity contribution >= 4 is 50.4 Å². The second-order valence-electron chi connectivity index (χ2n) is 5.92. The van der Waals surface area contributed by atoms with E-state index in [-0.39, 0.29) is 11.9 Å². The van der Waals surface area contributed by atoms with Gasteiger partial charge in [0, 0.05) is 21.2 Å². The Morgan fingerprint density at radius 1 is 1.24 bits per heavy atom. The first-order chi connectivity index (χ1) is 14.0. The van der Waals surface area contributed by atoms with Crippen molar-refractivity contribution < 1.29 is 9.21 Å². The van der Waals surface area contributed by atoms with Crippen LogP contribution in [0.1, 0.15) is 20.3 Å². The van der Waals surface area contributed by atoms with Gasteiger partial charge in [0.1, 0.15) is 5.76 Å². The number of halogens is 1. The molecule has 4 N–H and O–H groups in total. The number of nitrogens with zero attached hydrogens (tertiary/aromatic N) is 1. The van der Waals surface area contributed by atoms with Crippen LogP contribution in [0.4, 0.5) is 5.69 Å². The topological polar surface area (TPSA) is 92.6 Å². The molecule has 8 heteroatoms. The lowest BCUT2D eigenvalue weighted by Crippen LogP contribution is -2.21. The molecular weight excluding hydrogens is 452 g/mol. The van der Waals surface area contributed by atoms with Gasteiger partial charge in [0.15, 0.2) is 5.96 Å². The van der Waals surface area contributed by atoms with Crippen LogP contribution in [0.3, 0.4) is 0 Å². The van der Waals surface area contributed by atoms with Crippen LogP contribution >= 0.6 is 27.3 Å². The van der Waals surface area contributed by atoms with Gasteiger partial charge in [-0.15, -0.1) is 11.3 Å². The fraction of sp³-hybridized carbons (Fsp3) is 0.0476. The number of hydrogen-bond acceptors (Lipinski definition) is 4. The molecule has 0 saturated carbocycles. The summed E-state index contributed by atoms with van der Waals surface area (Å²) in [6.07, 6.45) is 4.88. The molecule has 0 fully saturated rings. The summed E-state index contributed by atoms with van der Waals surface area (Å²) >= 11 is 4.76. The van der Waals surface area contributed by atoms with E-state index < -0.39 is 0 Å². The van der Waals surface area contributed by atoms with Crippen LogP contribution in [0.25, 0.3) is 5.57 Å². The van der Waals surface area contributed by atoms with Gasteiger partial charge in [0.05, 0.1) is 17.7 Å². The molecule has 1 aromatic carbocycles. The van der Waals surface area contributed by atoms with Crippen LogP contribution in [0.15, 0.2) is 87.5 Å². The van der Waals surface area contributed by atoms with Crippen molar-refractivity contribution in [3.63, 3.8) is 0 Å². The lowest BCUT2D eigenvalue weighted by Gasteiger charge is -2.04. The Balaban J connectivity index is 1.54. The van der Waals surface area contributed by atoms with E-state index in [1.54, 1.807) is 30.7 Å². The van der Waals surface area contributed by atoms with E-state index in [9.17, 15) is 4.79 Å². The highest BCUT2D eigenvalue weighted by molar-refractivity contribution is 9.10. The number of hydrogen-bond donors (Lipinski definition) is 3. The zero-order valence-corrected chi connectivity index (χ0v) is 17.8. The molecule has 1 amide bonds. The molecular formula is C21H19BrN4O2S. The fourth-order valence-electron chi connectivity index (χ4n) is 2.34. The third-order valence-corrected chi connectivity index (χ3v) is 5.39. The lowest BCUT2D eigenvalue weighted by molar-refractivity contribution is 0.0952. The van der Waals surface area contributed by atoms with Crippen LogP contribution in [-0.2, 0) is 6.54 Å². The van der Waals surface area contributed by atoms with Crippen molar-refractivity contribution in [3.8, 4) is 0 Å². The number of carbonyl (C=O) groups excluding carboxylic acids is 1. The van der Waals surface area contributed by atoms with Crippen LogP contribution in [0.2, 0.25) is 0 Å². The highest BCUT2D eigenvalue weighted by atomic mass is 79.9. The Labute approximate surface area is 181 Å². The zero-order valence-electron chi connectivity index (χ0n) is 15.4. The average molecular weight is 471 g/mol. The molecule has 0 saturated heterocycles. The largest absolute Gasteiger partial charge is 0.467 e. The Kier molecular flexibility index (Phi) is 7.04. The van der Waals surface area contributed by atoms with Crippen molar-refractivity contribution in [2.24, 2.45) is 10.7 Å². The van der Waals surface area contributed by atoms with Gasteiger partial charge < -0.3 is 20.8 Å². The Bertz CT molecular complexity index is 1050. The number of nitrogens with two attached hydrogens (primary N) is 1. The smallest absolute Gasteiger partial charge is 0.261 e. The molecule has 0 unspecified atom stereocenters. The maximum atomic E-state index is 12.2. The number of benzene rings is 1. The van der Waals surface area contributed by atoms with Gasteiger partial charge in [-0.25, -0.2) is 4.99 Å². The van der Waals surface area contributed by atoms with Crippen molar-refractivity contribution in [1.82, 2.24) is 5.32 Å². The number of thiophene rings is 1. The van der Waals surface area contributed by atoms with Gasteiger partial charge in [-0.1, -0.05) is 28.6 Å². The lowest BCUT2D eigenvalue weighted by atomic mass is 10.2. The highest BCUT2D eigenvalue weighted by Gasteiger charge is 2.10. The number of guanidine groups is 1. The van der Waals surface area contributed by atoms with Crippen molar-refractivity contribution in [1.29, 1.82) is 0 Å². The maximum absolute atomic E-state index is 12.2. The van der Waals surface area contributed by atoms with E-state index in [4.69, 9.17) is 10.2 Å². The minimum absolute atomic E-state index is 0.157. The normalized spacial score (nSPS) is 11.6. The number of aliphatic imine (C=N–C) groups is 1. The molecule has 0 radical (unpaired) electrons. The first-order valence-corrected chi connectivity index (χ1v) is 10.2. The second-order valence-corrected chi connectivity index (χ2v) is 7.92. The molecule has 3 aromatic rings. The minimum Gasteiger partial charge on any atom is -0.467 e. The number of rotatable bonds is 7. The molecule has 148 valence electrons. The molecule has 29 heavy (non-hydrogen) atoms. The molecule has 0 aliphatic rings. The first-order valence-electron chi connectivity index (χ1n) is 8.63. The summed E-state index contributed by atoms with van der Waals surface area (Å²) in [7, 11) is 0. The van der Waals surface area contributed by atoms with Crippen molar-refractivity contribution in [2.75, 3.05) is 5.32 Å². The zero-order chi connectivity index (χ0) is 20.6. The Hall–Kier alpha value is -3.10. The molecule has 3 rings (SSSR count). The fourth-order valence-corrected chi connectivity index (χ4v) is 3.61. The second kappa shape index (κ2) is 9.90. The van der Waals surface area contributed by atoms with E-state index >= 15 is 0 Å². The number of amides is 1. The predicted molar refractivity (Wildman–Crippen MR) is 122 cm³/mol. The quantitative estimate of drug-likeness (QED) is 0.257. The summed E-state index contributed by atoms with van der Waals surface area (Å²) in [5, 5.41) is 5.82. The number of furan rings is 1. The average Bonchev–Trinajstić information content (AvgIpc) is 3.38. The summed E-state index contributed by atoms with van der Waals surface area (Å²) < 4.78 is 6.15. The molecule has 0 atom stereocenters. The predicted octanol–water partition coefficient (Wildman–Crippen LogP) is 4.99. The highest BCUT2D eigenvalue weighted by Crippen LogP contribution is 2.24. The maximum Gasteiger partial charge on any atom is 0.261 e. The summed E-state index contributed by atoms with van der Waals surface area (Å²) in [5.74, 6) is 0.806. The Morgan fingerprint density at radius 2 is 2.07 bits per heavy atom. The number of allylic oxidation sites excluding steroid dienone is 2. The summed E-state index contributed by atoms with van der Waals surface area (Å²) in [6.45, 7) is 4.36. The molecule has 0 aliphatic heterocycles. The third-order valence-electron chi connectivity index (χ3n) is 3.74. The van der Waals surface area contributed by atoms with Gasteiger partial charge in [-0.3, -0.25) is 4.79 Å². The molecule has 0 spiro atoms. The molecule has 2 heterocycles. The molecule has 6 nitrogen and oxygen atoms in total. The van der Waals surface area contributed by atoms with E-state index in [1.807, 2.05) is 36.4 Å². The van der Waals surface area contributed by atoms with Gasteiger partial charge in [0.2, 0.25) is 0 Å². The summed E-state index contributed by atoms with van der Waals surface area (Å²) in [4.78, 5) is 17.9. The van der Waals surface area contributed by atoms with Gasteiger partial charge in [-0.05, 0) is 54.1 Å². The van der Waals surface area contributed by atoms with Gasteiger partial charge in [0.25, 0.3) is 5.91 Å². The SMILES string of the molecule is C=C(/C=C\N=C(/N)Nc1cccc(Br)c1)c1ccc(C(=O)NCc2ccco2)s1. The van der Waals surface area contributed by atoms with Crippen molar-refractivity contribution in [2.45, 2.75) is 6.54 Å². The minimum atomic E-state index is -0.157. The van der Waals surface area contributed by atoms with Gasteiger partial charge >= 0.3 is 0 Å². The van der Waals surface area contributed by atoms with Gasteiger partial charge in [-0.2, -0.15) is 0 Å². The van der Waals surface area contributed by atoms with Crippen molar-refractivity contribution in [3.05, 3.63) is 93.6 Å². The number of carbonyl (C=O) groups is 1. The van der Waals surface area contributed by atoms with Crippen LogP contribution in [0, 0.1) is 0 Å². The van der Waals surface area contributed by atoms with E-state index in [0.29, 0.717) is 17.2 Å². The van der Waals surface area contributed by atoms with E-state index in [0.717, 1.165) is 20.6 Å². The molecule has 0 bridgehead atoms. The van der Waals surface area contributed by atoms with E-state index in [1.165, 1.54) is 11.3 Å². The third kappa shape index (κ3) is 6.20. The first kappa shape index (κ1) is 20.6. The molecule has 0 aliphatic carbocycles. The number of nitrogens with one attached hydrogen (secondary N) is 2. The summed E-state index contributed by atoms with van der Waals surface area (Å²) in [5.41, 5.74) is 7.45. The van der Waals surface area contributed by atoms with Crippen LogP contribution in [0.5, 0.6) is 0 Å². The molecule has 2 aromatic heterocycles. The van der Waals surface area contributed by atoms with E-state index in [2.05, 4.69) is 38.1 Å². The summed E-state index contributed by atoms with van der Waals surface area (Å²) in [6, 6.07) is 14.8. The Morgan fingerprint density at radius 3 is 2.83 bits per heavy atom. The van der Waals surface area contributed by atoms with Crippen LogP contribution < -0.4 is 16.4 Å². The number of anilines is 1. The monoisotopic (exact) mass is 470 g/mol.